The van der Waals surface area contributed by atoms with Crippen LogP contribution in [-0.4, -0.2) is 75.2 Å². The van der Waals surface area contributed by atoms with Crippen LogP contribution in [0.25, 0.3) is 0 Å². The Morgan fingerprint density at radius 1 is 0.852 bits per heavy atom. The number of hydrogen-bond acceptors (Lipinski definition) is 10. The van der Waals surface area contributed by atoms with Gasteiger partial charge in [0.25, 0.3) is 5.91 Å². The lowest BCUT2D eigenvalue weighted by Gasteiger charge is -2.23. The molecule has 0 heterocycles. The van der Waals surface area contributed by atoms with Crippen LogP contribution in [0, 0.1) is 6.92 Å². The lowest BCUT2D eigenvalue weighted by atomic mass is 9.98. The number of primary amides is 1. The Balaban J connectivity index is 1.68. The van der Waals surface area contributed by atoms with Crippen molar-refractivity contribution in [2.75, 3.05) is 44.5 Å². The molecule has 0 aliphatic rings. The zero-order valence-corrected chi connectivity index (χ0v) is 32.2. The molecular weight excluding hydrogens is 694 g/mol. The van der Waals surface area contributed by atoms with Crippen LogP contribution in [0.1, 0.15) is 91.6 Å². The van der Waals surface area contributed by atoms with Crippen molar-refractivity contribution in [3.05, 3.63) is 76.9 Å². The molecule has 3 aromatic rings. The SMILES string of the molecule is COc1c(C(=O)c2ccccc2OCCCNC(=O)OC(C)(C)C)ccc(C(=O)N(C)c2ccc(C)cc2OCCCCCC(=O)NC(C)C(N)=O)c1N. The molecular formula is C40H53N5O9. The third-order valence-electron chi connectivity index (χ3n) is 8.15. The molecule has 0 fully saturated rings. The topological polar surface area (TPSA) is 202 Å². The van der Waals surface area contributed by atoms with Gasteiger partial charge in [-0.2, -0.15) is 0 Å². The molecule has 14 nitrogen and oxygen atoms in total. The van der Waals surface area contributed by atoms with Gasteiger partial charge in [0.15, 0.2) is 5.75 Å². The fraction of sp³-hybridized carbons (Fsp3) is 0.425. The maximum absolute atomic E-state index is 13.9. The van der Waals surface area contributed by atoms with Crippen LogP contribution >= 0.6 is 0 Å². The first-order chi connectivity index (χ1) is 25.5. The number of nitrogens with one attached hydrogen (secondary N) is 2. The molecule has 0 bridgehead atoms. The minimum absolute atomic E-state index is 0.00402. The molecule has 14 heteroatoms. The summed E-state index contributed by atoms with van der Waals surface area (Å²) in [6.07, 6.45) is 2.17. The van der Waals surface area contributed by atoms with E-state index >= 15 is 0 Å². The normalized spacial score (nSPS) is 11.5. The highest BCUT2D eigenvalue weighted by molar-refractivity contribution is 6.16. The van der Waals surface area contributed by atoms with Gasteiger partial charge in [-0.3, -0.25) is 19.2 Å². The molecule has 1 atom stereocenters. The predicted molar refractivity (Wildman–Crippen MR) is 206 cm³/mol. The van der Waals surface area contributed by atoms with Crippen molar-refractivity contribution in [2.45, 2.75) is 78.4 Å². The summed E-state index contributed by atoms with van der Waals surface area (Å²) in [6, 6.07) is 14.5. The van der Waals surface area contributed by atoms with E-state index in [1.807, 2.05) is 19.1 Å². The quantitative estimate of drug-likeness (QED) is 0.0707. The van der Waals surface area contributed by atoms with E-state index in [0.29, 0.717) is 56.0 Å². The minimum atomic E-state index is -0.723. The maximum atomic E-state index is 13.9. The van der Waals surface area contributed by atoms with E-state index in [1.54, 1.807) is 58.2 Å². The van der Waals surface area contributed by atoms with E-state index < -0.39 is 35.3 Å². The number of rotatable bonds is 19. The highest BCUT2D eigenvalue weighted by Gasteiger charge is 2.26. The number of hydrogen-bond donors (Lipinski definition) is 4. The van der Waals surface area contributed by atoms with Crippen molar-refractivity contribution in [3.8, 4) is 17.2 Å². The van der Waals surface area contributed by atoms with Crippen molar-refractivity contribution >= 4 is 41.0 Å². The average molecular weight is 748 g/mol. The molecule has 0 radical (unpaired) electrons. The summed E-state index contributed by atoms with van der Waals surface area (Å²) >= 11 is 0. The van der Waals surface area contributed by atoms with Gasteiger partial charge in [0.2, 0.25) is 17.6 Å². The number of carbonyl (C=O) groups is 5. The van der Waals surface area contributed by atoms with Crippen LogP contribution in [-0.2, 0) is 14.3 Å². The Morgan fingerprint density at radius 2 is 1.52 bits per heavy atom. The van der Waals surface area contributed by atoms with Crippen LogP contribution < -0.4 is 41.2 Å². The van der Waals surface area contributed by atoms with Crippen molar-refractivity contribution in [2.24, 2.45) is 5.73 Å². The first kappa shape index (κ1) is 42.6. The molecule has 0 spiro atoms. The number of alkyl carbamates (subject to hydrolysis) is 1. The number of ether oxygens (including phenoxy) is 4. The van der Waals surface area contributed by atoms with Crippen LogP contribution in [0.15, 0.2) is 54.6 Å². The van der Waals surface area contributed by atoms with E-state index in [1.165, 1.54) is 31.1 Å². The summed E-state index contributed by atoms with van der Waals surface area (Å²) < 4.78 is 22.8. The van der Waals surface area contributed by atoms with Gasteiger partial charge in [-0.1, -0.05) is 18.2 Å². The first-order valence-electron chi connectivity index (χ1n) is 17.8. The monoisotopic (exact) mass is 747 g/mol. The number of benzene rings is 3. The molecule has 0 aliphatic heterocycles. The van der Waals surface area contributed by atoms with Crippen molar-refractivity contribution in [1.29, 1.82) is 0 Å². The summed E-state index contributed by atoms with van der Waals surface area (Å²) in [5.74, 6) is -0.808. The molecule has 0 aliphatic carbocycles. The van der Waals surface area contributed by atoms with Crippen LogP contribution in [0.3, 0.4) is 0 Å². The molecule has 3 rings (SSSR count). The molecule has 292 valence electrons. The zero-order valence-electron chi connectivity index (χ0n) is 32.2. The molecule has 0 saturated carbocycles. The van der Waals surface area contributed by atoms with E-state index in [0.717, 1.165) is 5.56 Å². The lowest BCUT2D eigenvalue weighted by Crippen LogP contribution is -2.42. The Kier molecular flexibility index (Phi) is 15.7. The standard InChI is InChI=1S/C40H53N5O9/c1-25-17-20-30(32(24-25)53-22-12-8-9-16-33(46)44-26(2)37(42)48)45(6)38(49)28-18-19-29(36(51-7)34(28)41)35(47)27-14-10-11-15-31(27)52-23-13-21-43-39(50)54-40(3,4)5/h10-11,14-15,17-20,24,26H,8-9,12-13,16,21-23,41H2,1-7H3,(H2,42,48)(H,43,50)(H,44,46). The Morgan fingerprint density at radius 3 is 2.20 bits per heavy atom. The summed E-state index contributed by atoms with van der Waals surface area (Å²) in [4.78, 5) is 64.2. The van der Waals surface area contributed by atoms with Gasteiger partial charge in [0.05, 0.1) is 48.4 Å². The van der Waals surface area contributed by atoms with Gasteiger partial charge >= 0.3 is 6.09 Å². The number of carbonyl (C=O) groups excluding carboxylic acids is 5. The fourth-order valence-corrected chi connectivity index (χ4v) is 5.30. The lowest BCUT2D eigenvalue weighted by molar-refractivity contribution is -0.127. The highest BCUT2D eigenvalue weighted by atomic mass is 16.6. The summed E-state index contributed by atoms with van der Waals surface area (Å²) in [6.45, 7) is 9.68. The van der Waals surface area contributed by atoms with Crippen LogP contribution in [0.4, 0.5) is 16.2 Å². The van der Waals surface area contributed by atoms with E-state index in [4.69, 9.17) is 30.4 Å². The predicted octanol–water partition coefficient (Wildman–Crippen LogP) is 5.32. The molecule has 1 unspecified atom stereocenters. The number of anilines is 2. The van der Waals surface area contributed by atoms with Crippen molar-refractivity contribution in [3.63, 3.8) is 0 Å². The third kappa shape index (κ3) is 12.4. The number of nitrogens with zero attached hydrogens (tertiary/aromatic N) is 1. The number of para-hydroxylation sites is 1. The zero-order chi connectivity index (χ0) is 40.0. The Hall–Kier alpha value is -5.79. The van der Waals surface area contributed by atoms with Crippen LogP contribution in [0.5, 0.6) is 17.2 Å². The second-order valence-corrected chi connectivity index (χ2v) is 13.7. The van der Waals surface area contributed by atoms with E-state index in [-0.39, 0.29) is 47.1 Å². The van der Waals surface area contributed by atoms with Gasteiger partial charge in [-0.15, -0.1) is 0 Å². The number of amides is 4. The molecule has 6 N–H and O–H groups in total. The number of unbranched alkanes of at least 4 members (excludes halogenated alkanes) is 2. The van der Waals surface area contributed by atoms with Gasteiger partial charge in [-0.25, -0.2) is 4.79 Å². The van der Waals surface area contributed by atoms with E-state index in [9.17, 15) is 24.0 Å². The first-order valence-corrected chi connectivity index (χ1v) is 17.8. The number of nitrogen functional groups attached to an aromatic ring is 1. The average Bonchev–Trinajstić information content (AvgIpc) is 3.11. The molecule has 3 aromatic carbocycles. The van der Waals surface area contributed by atoms with Crippen molar-refractivity contribution < 1.29 is 42.9 Å². The van der Waals surface area contributed by atoms with Gasteiger partial charge in [0.1, 0.15) is 23.1 Å². The van der Waals surface area contributed by atoms with Gasteiger partial charge in [0, 0.05) is 20.0 Å². The van der Waals surface area contributed by atoms with Gasteiger partial charge in [-0.05, 0) is 102 Å². The Labute approximate surface area is 316 Å². The van der Waals surface area contributed by atoms with Gasteiger partial charge < -0.3 is 45.9 Å². The highest BCUT2D eigenvalue weighted by Crippen LogP contribution is 2.36. The summed E-state index contributed by atoms with van der Waals surface area (Å²) in [7, 11) is 2.98. The number of aryl methyl sites for hydroxylation is 1. The minimum Gasteiger partial charge on any atom is -0.494 e. The number of nitrogens with two attached hydrogens (primary N) is 2. The molecule has 54 heavy (non-hydrogen) atoms. The number of methoxy groups -OCH3 is 1. The largest absolute Gasteiger partial charge is 0.494 e. The summed E-state index contributed by atoms with van der Waals surface area (Å²) in [5, 5.41) is 5.23. The number of ketones is 1. The smallest absolute Gasteiger partial charge is 0.407 e. The third-order valence-corrected chi connectivity index (χ3v) is 8.15. The Bertz CT molecular complexity index is 1800. The molecule has 0 aromatic heterocycles. The maximum Gasteiger partial charge on any atom is 0.407 e. The van der Waals surface area contributed by atoms with Crippen molar-refractivity contribution in [1.82, 2.24) is 10.6 Å². The molecule has 4 amide bonds. The molecule has 0 saturated heterocycles. The van der Waals surface area contributed by atoms with Crippen LogP contribution in [0.2, 0.25) is 0 Å². The second kappa shape index (κ2) is 19.9. The second-order valence-electron chi connectivity index (χ2n) is 13.7. The summed E-state index contributed by atoms with van der Waals surface area (Å²) in [5.41, 5.74) is 13.1. The van der Waals surface area contributed by atoms with E-state index in [2.05, 4.69) is 10.6 Å². The fourth-order valence-electron chi connectivity index (χ4n) is 5.30.